The van der Waals surface area contributed by atoms with Crippen LogP contribution in [-0.4, -0.2) is 18.2 Å². The van der Waals surface area contributed by atoms with Crippen molar-refractivity contribution in [1.29, 1.82) is 0 Å². The van der Waals surface area contributed by atoms with Crippen molar-refractivity contribution in [1.82, 2.24) is 5.32 Å². The summed E-state index contributed by atoms with van der Waals surface area (Å²) in [7, 11) is 0. The van der Waals surface area contributed by atoms with E-state index in [1.807, 2.05) is 30.3 Å². The van der Waals surface area contributed by atoms with Crippen LogP contribution in [0.2, 0.25) is 0 Å². The van der Waals surface area contributed by atoms with Crippen molar-refractivity contribution < 1.29 is 9.53 Å². The number of alkyl carbamates (subject to hydrolysis) is 1. The molecule has 1 fully saturated rings. The van der Waals surface area contributed by atoms with E-state index in [-0.39, 0.29) is 18.2 Å². The Morgan fingerprint density at radius 3 is 2.76 bits per heavy atom. The molecule has 2 atom stereocenters. The van der Waals surface area contributed by atoms with E-state index in [1.54, 1.807) is 0 Å². The summed E-state index contributed by atoms with van der Waals surface area (Å²) >= 11 is 0. The van der Waals surface area contributed by atoms with Crippen molar-refractivity contribution in [2.24, 2.45) is 5.73 Å². The zero-order chi connectivity index (χ0) is 12.1. The highest BCUT2D eigenvalue weighted by atomic mass is 16.5. The molecule has 0 heterocycles. The van der Waals surface area contributed by atoms with Crippen molar-refractivity contribution in [3.63, 3.8) is 0 Å². The van der Waals surface area contributed by atoms with Crippen LogP contribution in [0.25, 0.3) is 0 Å². The van der Waals surface area contributed by atoms with Crippen LogP contribution in [0.1, 0.15) is 24.8 Å². The molecule has 1 aliphatic carbocycles. The molecule has 1 amide bonds. The first-order valence-electron chi connectivity index (χ1n) is 5.98. The molecule has 2 rings (SSSR count). The predicted molar refractivity (Wildman–Crippen MR) is 65.4 cm³/mol. The Labute approximate surface area is 101 Å². The standard InChI is InChI=1S/C13H18N2O2/c14-11-7-4-8-12(11)15-13(16)17-9-10-5-2-1-3-6-10/h1-3,5-6,11-12H,4,7-9,14H2,(H,15,16)/t11-,12-/m1/s1. The van der Waals surface area contributed by atoms with Gasteiger partial charge in [0.15, 0.2) is 0 Å². The Kier molecular flexibility index (Phi) is 3.98. The Balaban J connectivity index is 1.74. The van der Waals surface area contributed by atoms with Gasteiger partial charge in [-0.3, -0.25) is 0 Å². The molecule has 0 radical (unpaired) electrons. The summed E-state index contributed by atoms with van der Waals surface area (Å²) in [6.07, 6.45) is 2.62. The van der Waals surface area contributed by atoms with Crippen LogP contribution in [0.3, 0.4) is 0 Å². The average molecular weight is 234 g/mol. The molecule has 0 unspecified atom stereocenters. The number of hydrogen-bond donors (Lipinski definition) is 2. The van der Waals surface area contributed by atoms with Crippen LogP contribution in [-0.2, 0) is 11.3 Å². The lowest BCUT2D eigenvalue weighted by Crippen LogP contribution is -2.44. The number of nitrogens with two attached hydrogens (primary N) is 1. The number of carbonyl (C=O) groups excluding carboxylic acids is 1. The van der Waals surface area contributed by atoms with Crippen molar-refractivity contribution >= 4 is 6.09 Å². The number of ether oxygens (including phenoxy) is 1. The Bertz CT molecular complexity index is 367. The van der Waals surface area contributed by atoms with E-state index < -0.39 is 0 Å². The van der Waals surface area contributed by atoms with Gasteiger partial charge in [-0.2, -0.15) is 0 Å². The molecular formula is C13H18N2O2. The van der Waals surface area contributed by atoms with Gasteiger partial charge in [0.2, 0.25) is 0 Å². The summed E-state index contributed by atoms with van der Waals surface area (Å²) in [5.74, 6) is 0. The first-order chi connectivity index (χ1) is 8.25. The predicted octanol–water partition coefficient (Wildman–Crippen LogP) is 1.79. The summed E-state index contributed by atoms with van der Waals surface area (Å²) in [6.45, 7) is 0.300. The molecule has 0 spiro atoms. The van der Waals surface area contributed by atoms with Gasteiger partial charge in [0.25, 0.3) is 0 Å². The van der Waals surface area contributed by atoms with E-state index in [0.717, 1.165) is 24.8 Å². The molecule has 0 saturated heterocycles. The Morgan fingerprint density at radius 2 is 2.12 bits per heavy atom. The Hall–Kier alpha value is -1.55. The second kappa shape index (κ2) is 5.68. The zero-order valence-corrected chi connectivity index (χ0v) is 9.76. The summed E-state index contributed by atoms with van der Waals surface area (Å²) in [5, 5.41) is 2.81. The number of rotatable bonds is 3. The molecule has 1 aliphatic rings. The van der Waals surface area contributed by atoms with Crippen molar-refractivity contribution in [3.8, 4) is 0 Å². The highest BCUT2D eigenvalue weighted by molar-refractivity contribution is 5.67. The Morgan fingerprint density at radius 1 is 1.35 bits per heavy atom. The number of nitrogens with one attached hydrogen (secondary N) is 1. The van der Waals surface area contributed by atoms with Gasteiger partial charge in [0.1, 0.15) is 6.61 Å². The van der Waals surface area contributed by atoms with Crippen LogP contribution < -0.4 is 11.1 Å². The molecule has 4 nitrogen and oxygen atoms in total. The third kappa shape index (κ3) is 3.46. The molecule has 92 valence electrons. The fourth-order valence-corrected chi connectivity index (χ4v) is 2.08. The molecule has 1 aromatic carbocycles. The molecule has 1 saturated carbocycles. The van der Waals surface area contributed by atoms with Crippen LogP contribution >= 0.6 is 0 Å². The molecule has 4 heteroatoms. The lowest BCUT2D eigenvalue weighted by Gasteiger charge is -2.16. The van der Waals surface area contributed by atoms with Gasteiger partial charge in [0, 0.05) is 12.1 Å². The largest absolute Gasteiger partial charge is 0.445 e. The number of amides is 1. The van der Waals surface area contributed by atoms with Gasteiger partial charge in [-0.05, 0) is 24.8 Å². The minimum atomic E-state index is -0.379. The normalized spacial score (nSPS) is 23.4. The van der Waals surface area contributed by atoms with Crippen molar-refractivity contribution in [3.05, 3.63) is 35.9 Å². The van der Waals surface area contributed by atoms with Crippen molar-refractivity contribution in [2.75, 3.05) is 0 Å². The van der Waals surface area contributed by atoms with E-state index in [2.05, 4.69) is 5.32 Å². The molecule has 3 N–H and O–H groups in total. The van der Waals surface area contributed by atoms with Crippen LogP contribution in [0.5, 0.6) is 0 Å². The van der Waals surface area contributed by atoms with Crippen molar-refractivity contribution in [2.45, 2.75) is 38.0 Å². The van der Waals surface area contributed by atoms with E-state index in [1.165, 1.54) is 0 Å². The summed E-state index contributed by atoms with van der Waals surface area (Å²) in [5.41, 5.74) is 6.85. The van der Waals surface area contributed by atoms with E-state index in [0.29, 0.717) is 6.61 Å². The molecular weight excluding hydrogens is 216 g/mol. The fourth-order valence-electron chi connectivity index (χ4n) is 2.08. The first-order valence-corrected chi connectivity index (χ1v) is 5.98. The van der Waals surface area contributed by atoms with Gasteiger partial charge in [-0.15, -0.1) is 0 Å². The maximum Gasteiger partial charge on any atom is 0.407 e. The van der Waals surface area contributed by atoms with E-state index in [4.69, 9.17) is 10.5 Å². The third-order valence-corrected chi connectivity index (χ3v) is 3.09. The molecule has 0 aromatic heterocycles. The molecule has 0 bridgehead atoms. The highest BCUT2D eigenvalue weighted by Gasteiger charge is 2.25. The number of carbonyl (C=O) groups is 1. The SMILES string of the molecule is N[C@@H]1CCC[C@H]1NC(=O)OCc1ccccc1. The van der Waals surface area contributed by atoms with Gasteiger partial charge in [-0.25, -0.2) is 4.79 Å². The summed E-state index contributed by atoms with van der Waals surface area (Å²) < 4.78 is 5.13. The minimum Gasteiger partial charge on any atom is -0.445 e. The first kappa shape index (κ1) is 11.9. The van der Waals surface area contributed by atoms with E-state index in [9.17, 15) is 4.79 Å². The van der Waals surface area contributed by atoms with Crippen LogP contribution in [0.4, 0.5) is 4.79 Å². The average Bonchev–Trinajstić information content (AvgIpc) is 2.74. The summed E-state index contributed by atoms with van der Waals surface area (Å²) in [6, 6.07) is 9.76. The summed E-state index contributed by atoms with van der Waals surface area (Å²) in [4.78, 5) is 11.5. The monoisotopic (exact) mass is 234 g/mol. The third-order valence-electron chi connectivity index (χ3n) is 3.09. The van der Waals surface area contributed by atoms with Crippen LogP contribution in [0.15, 0.2) is 30.3 Å². The highest BCUT2D eigenvalue weighted by Crippen LogP contribution is 2.17. The lowest BCUT2D eigenvalue weighted by atomic mass is 10.2. The smallest absolute Gasteiger partial charge is 0.407 e. The van der Waals surface area contributed by atoms with Gasteiger partial charge < -0.3 is 15.8 Å². The van der Waals surface area contributed by atoms with E-state index >= 15 is 0 Å². The minimum absolute atomic E-state index is 0.0678. The number of benzene rings is 1. The zero-order valence-electron chi connectivity index (χ0n) is 9.76. The quantitative estimate of drug-likeness (QED) is 0.838. The van der Waals surface area contributed by atoms with Crippen LogP contribution in [0, 0.1) is 0 Å². The molecule has 1 aromatic rings. The molecule has 0 aliphatic heterocycles. The lowest BCUT2D eigenvalue weighted by molar-refractivity contribution is 0.135. The topological polar surface area (TPSA) is 64.3 Å². The van der Waals surface area contributed by atoms with Gasteiger partial charge >= 0.3 is 6.09 Å². The second-order valence-corrected chi connectivity index (χ2v) is 4.41. The van der Waals surface area contributed by atoms with Gasteiger partial charge in [0.05, 0.1) is 0 Å². The fraction of sp³-hybridized carbons (Fsp3) is 0.462. The maximum atomic E-state index is 11.5. The van der Waals surface area contributed by atoms with Gasteiger partial charge in [-0.1, -0.05) is 30.3 Å². The second-order valence-electron chi connectivity index (χ2n) is 4.41. The number of hydrogen-bond acceptors (Lipinski definition) is 3. The maximum absolute atomic E-state index is 11.5. The molecule has 17 heavy (non-hydrogen) atoms.